The molecule has 72 valence electrons. The molecule has 0 bridgehead atoms. The smallest absolute Gasteiger partial charge is 0.241 e. The highest BCUT2D eigenvalue weighted by atomic mass is 19.3. The van der Waals surface area contributed by atoms with Crippen LogP contribution in [-0.2, 0) is 0 Å². The highest BCUT2D eigenvalue weighted by Crippen LogP contribution is 2.35. The van der Waals surface area contributed by atoms with Gasteiger partial charge in [-0.2, -0.15) is 0 Å². The van der Waals surface area contributed by atoms with Crippen molar-refractivity contribution >= 4 is 0 Å². The Hall–Kier alpha value is -0.180. The van der Waals surface area contributed by atoms with Gasteiger partial charge in [0.25, 0.3) is 0 Å². The number of alkyl halides is 2. The maximum atomic E-state index is 12.5. The number of hydrogen-bond donors (Lipinski definition) is 1. The third-order valence-electron chi connectivity index (χ3n) is 2.83. The van der Waals surface area contributed by atoms with E-state index in [4.69, 9.17) is 5.73 Å². The molecule has 2 N–H and O–H groups in total. The monoisotopic (exact) mass is 177 g/mol. The molecule has 0 aromatic heterocycles. The van der Waals surface area contributed by atoms with Crippen molar-refractivity contribution in [1.82, 2.24) is 0 Å². The summed E-state index contributed by atoms with van der Waals surface area (Å²) in [6.45, 7) is 0.394. The summed E-state index contributed by atoms with van der Waals surface area (Å²) in [4.78, 5) is 0. The third-order valence-corrected chi connectivity index (χ3v) is 2.83. The van der Waals surface area contributed by atoms with Crippen molar-refractivity contribution in [3.05, 3.63) is 0 Å². The predicted octanol–water partition coefficient (Wildman–Crippen LogP) is 2.41. The van der Waals surface area contributed by atoms with E-state index in [1.165, 1.54) is 0 Å². The summed E-state index contributed by atoms with van der Waals surface area (Å²) in [7, 11) is 0. The minimum absolute atomic E-state index is 0.244. The third kappa shape index (κ3) is 2.41. The summed E-state index contributed by atoms with van der Waals surface area (Å²) < 4.78 is 25.0. The van der Waals surface area contributed by atoms with Crippen LogP contribution in [0.4, 0.5) is 8.78 Å². The van der Waals surface area contributed by atoms with Crippen LogP contribution in [0.2, 0.25) is 0 Å². The summed E-state index contributed by atoms with van der Waals surface area (Å²) in [5.41, 5.74) is 5.30. The average Bonchev–Trinajstić information content (AvgIpc) is 2.51. The molecule has 0 aromatic rings. The Kier molecular flexibility index (Phi) is 3.92. The van der Waals surface area contributed by atoms with Crippen molar-refractivity contribution in [2.45, 2.75) is 38.5 Å². The first-order chi connectivity index (χ1) is 5.75. The van der Waals surface area contributed by atoms with Crippen LogP contribution in [0.25, 0.3) is 0 Å². The molecule has 0 aliphatic heterocycles. The van der Waals surface area contributed by atoms with Gasteiger partial charge in [0.05, 0.1) is 0 Å². The van der Waals surface area contributed by atoms with Gasteiger partial charge in [0.1, 0.15) is 0 Å². The largest absolute Gasteiger partial charge is 0.330 e. The minimum Gasteiger partial charge on any atom is -0.330 e. The van der Waals surface area contributed by atoms with E-state index in [1.807, 2.05) is 0 Å². The summed E-state index contributed by atoms with van der Waals surface area (Å²) >= 11 is 0. The Morgan fingerprint density at radius 2 is 1.83 bits per heavy atom. The second-order valence-electron chi connectivity index (χ2n) is 3.62. The summed E-state index contributed by atoms with van der Waals surface area (Å²) in [5.74, 6) is -0.189. The van der Waals surface area contributed by atoms with Gasteiger partial charge in [-0.1, -0.05) is 12.8 Å². The Morgan fingerprint density at radius 1 is 1.25 bits per heavy atom. The van der Waals surface area contributed by atoms with Crippen LogP contribution in [0, 0.1) is 11.8 Å². The molecule has 0 radical (unpaired) electrons. The van der Waals surface area contributed by atoms with Crippen LogP contribution in [0.15, 0.2) is 0 Å². The van der Waals surface area contributed by atoms with Crippen molar-refractivity contribution < 1.29 is 8.78 Å². The van der Waals surface area contributed by atoms with E-state index in [0.29, 0.717) is 13.0 Å². The summed E-state index contributed by atoms with van der Waals surface area (Å²) in [5, 5.41) is 0. The normalized spacial score (nSPS) is 22.0. The van der Waals surface area contributed by atoms with Crippen LogP contribution in [0.3, 0.4) is 0 Å². The molecule has 0 aromatic carbocycles. The van der Waals surface area contributed by atoms with Crippen LogP contribution >= 0.6 is 0 Å². The van der Waals surface area contributed by atoms with E-state index in [2.05, 4.69) is 0 Å². The average molecular weight is 177 g/mol. The maximum Gasteiger partial charge on any atom is 0.241 e. The SMILES string of the molecule is NCCC(C(F)F)C1CCCC1. The predicted molar refractivity (Wildman–Crippen MR) is 45.1 cm³/mol. The molecule has 1 saturated carbocycles. The van der Waals surface area contributed by atoms with Crippen molar-refractivity contribution in [3.8, 4) is 0 Å². The van der Waals surface area contributed by atoms with Crippen LogP contribution in [-0.4, -0.2) is 13.0 Å². The highest BCUT2D eigenvalue weighted by molar-refractivity contribution is 4.77. The zero-order valence-corrected chi connectivity index (χ0v) is 7.31. The van der Waals surface area contributed by atoms with Gasteiger partial charge >= 0.3 is 0 Å². The van der Waals surface area contributed by atoms with E-state index in [-0.39, 0.29) is 5.92 Å². The molecule has 1 rings (SSSR count). The molecule has 0 heterocycles. The standard InChI is InChI=1S/C9H17F2N/c10-9(11)8(5-6-12)7-3-1-2-4-7/h7-9H,1-6,12H2. The topological polar surface area (TPSA) is 26.0 Å². The molecular weight excluding hydrogens is 160 g/mol. The number of halogens is 2. The van der Waals surface area contributed by atoms with Gasteiger partial charge in [-0.25, -0.2) is 8.78 Å². The van der Waals surface area contributed by atoms with Gasteiger partial charge in [-0.3, -0.25) is 0 Å². The molecule has 1 fully saturated rings. The Labute approximate surface area is 72.3 Å². The maximum absolute atomic E-state index is 12.5. The van der Waals surface area contributed by atoms with Crippen molar-refractivity contribution in [1.29, 1.82) is 0 Å². The van der Waals surface area contributed by atoms with Gasteiger partial charge < -0.3 is 5.73 Å². The highest BCUT2D eigenvalue weighted by Gasteiger charge is 2.30. The molecule has 0 saturated heterocycles. The Bertz CT molecular complexity index is 122. The van der Waals surface area contributed by atoms with Crippen LogP contribution in [0.5, 0.6) is 0 Å². The van der Waals surface area contributed by atoms with Gasteiger partial charge in [0.2, 0.25) is 6.43 Å². The van der Waals surface area contributed by atoms with Crippen molar-refractivity contribution in [2.24, 2.45) is 17.6 Å². The zero-order chi connectivity index (χ0) is 8.97. The lowest BCUT2D eigenvalue weighted by atomic mass is 9.88. The quantitative estimate of drug-likeness (QED) is 0.701. The van der Waals surface area contributed by atoms with Crippen molar-refractivity contribution in [3.63, 3.8) is 0 Å². The lowest BCUT2D eigenvalue weighted by molar-refractivity contribution is 0.0408. The first kappa shape index (κ1) is 9.90. The van der Waals surface area contributed by atoms with Gasteiger partial charge in [0, 0.05) is 5.92 Å². The molecule has 1 unspecified atom stereocenters. The van der Waals surface area contributed by atoms with E-state index in [0.717, 1.165) is 25.7 Å². The van der Waals surface area contributed by atoms with Gasteiger partial charge in [-0.05, 0) is 31.7 Å². The van der Waals surface area contributed by atoms with E-state index in [1.54, 1.807) is 0 Å². The van der Waals surface area contributed by atoms with E-state index >= 15 is 0 Å². The lowest BCUT2D eigenvalue weighted by Crippen LogP contribution is -2.23. The fraction of sp³-hybridized carbons (Fsp3) is 1.00. The first-order valence-corrected chi connectivity index (χ1v) is 4.74. The van der Waals surface area contributed by atoms with E-state index < -0.39 is 12.3 Å². The lowest BCUT2D eigenvalue weighted by Gasteiger charge is -2.21. The fourth-order valence-corrected chi connectivity index (χ4v) is 2.15. The number of rotatable bonds is 4. The molecule has 1 nitrogen and oxygen atoms in total. The molecule has 12 heavy (non-hydrogen) atoms. The van der Waals surface area contributed by atoms with Crippen LogP contribution in [0.1, 0.15) is 32.1 Å². The molecule has 1 aliphatic carbocycles. The fourth-order valence-electron chi connectivity index (χ4n) is 2.15. The Balaban J connectivity index is 2.40. The van der Waals surface area contributed by atoms with Crippen LogP contribution < -0.4 is 5.73 Å². The molecule has 3 heteroatoms. The molecule has 1 aliphatic rings. The molecular formula is C9H17F2N. The summed E-state index contributed by atoms with van der Waals surface area (Å²) in [6, 6.07) is 0. The summed E-state index contributed by atoms with van der Waals surface area (Å²) in [6.07, 6.45) is 2.53. The number of hydrogen-bond acceptors (Lipinski definition) is 1. The molecule has 0 spiro atoms. The van der Waals surface area contributed by atoms with Crippen molar-refractivity contribution in [2.75, 3.05) is 6.54 Å². The van der Waals surface area contributed by atoms with Gasteiger partial charge in [-0.15, -0.1) is 0 Å². The van der Waals surface area contributed by atoms with E-state index in [9.17, 15) is 8.78 Å². The Morgan fingerprint density at radius 3 is 2.25 bits per heavy atom. The molecule has 1 atom stereocenters. The first-order valence-electron chi connectivity index (χ1n) is 4.74. The van der Waals surface area contributed by atoms with Gasteiger partial charge in [0.15, 0.2) is 0 Å². The number of nitrogens with two attached hydrogens (primary N) is 1. The second kappa shape index (κ2) is 4.75. The zero-order valence-electron chi connectivity index (χ0n) is 7.31. The second-order valence-corrected chi connectivity index (χ2v) is 3.62. The molecule has 0 amide bonds. The minimum atomic E-state index is -2.17.